The first-order chi connectivity index (χ1) is 12.0. The van der Waals surface area contributed by atoms with E-state index in [9.17, 15) is 9.18 Å². The normalized spacial score (nSPS) is 18.0. The summed E-state index contributed by atoms with van der Waals surface area (Å²) in [6, 6.07) is 6.14. The number of hydrogen-bond acceptors (Lipinski definition) is 3. The Labute approximate surface area is 144 Å². The molecule has 1 amide bonds. The number of hydrogen-bond donors (Lipinski definition) is 1. The fraction of sp³-hybridized carbons (Fsp3) is 0.368. The molecule has 1 atom stereocenters. The molecule has 0 radical (unpaired) electrons. The van der Waals surface area contributed by atoms with Gasteiger partial charge in [-0.3, -0.25) is 4.79 Å². The van der Waals surface area contributed by atoms with E-state index in [-0.39, 0.29) is 17.8 Å². The summed E-state index contributed by atoms with van der Waals surface area (Å²) in [7, 11) is 0. The highest BCUT2D eigenvalue weighted by atomic mass is 19.1. The number of fused-ring (bicyclic) bond motifs is 1. The van der Waals surface area contributed by atoms with Gasteiger partial charge in [-0.05, 0) is 57.4 Å². The Morgan fingerprint density at radius 1 is 1.32 bits per heavy atom. The van der Waals surface area contributed by atoms with Gasteiger partial charge in [0.25, 0.3) is 5.91 Å². The molecule has 0 aliphatic carbocycles. The molecule has 4 rings (SSSR count). The molecule has 2 aromatic heterocycles. The van der Waals surface area contributed by atoms with E-state index in [0.29, 0.717) is 34.7 Å². The van der Waals surface area contributed by atoms with E-state index >= 15 is 0 Å². The molecule has 3 heterocycles. The van der Waals surface area contributed by atoms with Gasteiger partial charge in [0.15, 0.2) is 0 Å². The zero-order valence-corrected chi connectivity index (χ0v) is 14.3. The van der Waals surface area contributed by atoms with Crippen molar-refractivity contribution in [2.75, 3.05) is 6.54 Å². The summed E-state index contributed by atoms with van der Waals surface area (Å²) in [6.45, 7) is 4.33. The van der Waals surface area contributed by atoms with Crippen LogP contribution in [0.2, 0.25) is 0 Å². The first-order valence-corrected chi connectivity index (χ1v) is 8.56. The van der Waals surface area contributed by atoms with Crippen LogP contribution in [0.1, 0.15) is 53.0 Å². The lowest BCUT2D eigenvalue weighted by Crippen LogP contribution is -2.39. The summed E-state index contributed by atoms with van der Waals surface area (Å²) in [5.41, 5.74) is 1.97. The van der Waals surface area contributed by atoms with Gasteiger partial charge in [0.1, 0.15) is 23.2 Å². The Morgan fingerprint density at radius 3 is 2.92 bits per heavy atom. The number of benzene rings is 1. The molecule has 6 heteroatoms. The number of piperidine rings is 1. The summed E-state index contributed by atoms with van der Waals surface area (Å²) in [4.78, 5) is 22.7. The number of likely N-dealkylation sites (tertiary alicyclic amines) is 1. The van der Waals surface area contributed by atoms with Gasteiger partial charge >= 0.3 is 0 Å². The topological polar surface area (TPSA) is 62.1 Å². The Balaban J connectivity index is 1.70. The van der Waals surface area contributed by atoms with Gasteiger partial charge in [-0.25, -0.2) is 9.37 Å². The van der Waals surface area contributed by atoms with Crippen LogP contribution >= 0.6 is 0 Å². The lowest BCUT2D eigenvalue weighted by Gasteiger charge is -2.34. The lowest BCUT2D eigenvalue weighted by molar-refractivity contribution is 0.0599. The van der Waals surface area contributed by atoms with Gasteiger partial charge in [-0.1, -0.05) is 0 Å². The maximum atomic E-state index is 13.4. The van der Waals surface area contributed by atoms with E-state index in [1.807, 2.05) is 18.7 Å². The van der Waals surface area contributed by atoms with Crippen molar-refractivity contribution in [1.82, 2.24) is 14.9 Å². The van der Waals surface area contributed by atoms with Crippen molar-refractivity contribution >= 4 is 16.9 Å². The van der Waals surface area contributed by atoms with Crippen molar-refractivity contribution in [3.05, 3.63) is 53.0 Å². The van der Waals surface area contributed by atoms with Gasteiger partial charge in [-0.2, -0.15) is 0 Å². The van der Waals surface area contributed by atoms with Crippen LogP contribution in [0.3, 0.4) is 0 Å². The molecule has 3 aromatic rings. The predicted octanol–water partition coefficient (Wildman–Crippen LogP) is 4.28. The highest BCUT2D eigenvalue weighted by Gasteiger charge is 2.32. The predicted molar refractivity (Wildman–Crippen MR) is 91.9 cm³/mol. The minimum Gasteiger partial charge on any atom is -0.466 e. The highest BCUT2D eigenvalue weighted by molar-refractivity contribution is 5.95. The first kappa shape index (κ1) is 15.9. The fourth-order valence-corrected chi connectivity index (χ4v) is 3.62. The summed E-state index contributed by atoms with van der Waals surface area (Å²) in [5, 5.41) is 0. The number of nitrogens with one attached hydrogen (secondary N) is 1. The van der Waals surface area contributed by atoms with Gasteiger partial charge in [0.05, 0.1) is 22.6 Å². The number of aryl methyl sites for hydroxylation is 2. The molecule has 0 saturated carbocycles. The summed E-state index contributed by atoms with van der Waals surface area (Å²) >= 11 is 0. The van der Waals surface area contributed by atoms with Gasteiger partial charge in [0, 0.05) is 6.54 Å². The first-order valence-electron chi connectivity index (χ1n) is 8.56. The van der Waals surface area contributed by atoms with Crippen LogP contribution in [-0.2, 0) is 0 Å². The second-order valence-electron chi connectivity index (χ2n) is 6.62. The third kappa shape index (κ3) is 2.81. The quantitative estimate of drug-likeness (QED) is 0.757. The highest BCUT2D eigenvalue weighted by Crippen LogP contribution is 2.32. The van der Waals surface area contributed by atoms with Crippen molar-refractivity contribution in [2.45, 2.75) is 39.2 Å². The van der Waals surface area contributed by atoms with E-state index in [1.165, 1.54) is 12.1 Å². The van der Waals surface area contributed by atoms with Gasteiger partial charge in [-0.15, -0.1) is 0 Å². The second-order valence-corrected chi connectivity index (χ2v) is 6.62. The second kappa shape index (κ2) is 6.02. The maximum Gasteiger partial charge on any atom is 0.258 e. The maximum absolute atomic E-state index is 13.4. The smallest absolute Gasteiger partial charge is 0.258 e. The minimum absolute atomic E-state index is 0.0364. The SMILES string of the molecule is Cc1cc(C(=O)N2CCCC[C@H]2c2nc3ccc(F)cc3[nH]2)c(C)o1. The molecule has 0 bridgehead atoms. The zero-order chi connectivity index (χ0) is 17.6. The van der Waals surface area contributed by atoms with Crippen LogP contribution in [0.25, 0.3) is 11.0 Å². The van der Waals surface area contributed by atoms with E-state index in [1.54, 1.807) is 12.1 Å². The molecule has 1 saturated heterocycles. The van der Waals surface area contributed by atoms with Crippen LogP contribution in [0.5, 0.6) is 0 Å². The molecule has 130 valence electrons. The van der Waals surface area contributed by atoms with Gasteiger partial charge in [0.2, 0.25) is 0 Å². The molecule has 0 spiro atoms. The van der Waals surface area contributed by atoms with Crippen LogP contribution in [-0.4, -0.2) is 27.3 Å². The van der Waals surface area contributed by atoms with Crippen molar-refractivity contribution < 1.29 is 13.6 Å². The number of rotatable bonds is 2. The third-order valence-corrected chi connectivity index (χ3v) is 4.81. The number of halogens is 1. The van der Waals surface area contributed by atoms with E-state index in [2.05, 4.69) is 9.97 Å². The molecule has 1 N–H and O–H groups in total. The van der Waals surface area contributed by atoms with Crippen LogP contribution in [0, 0.1) is 19.7 Å². The summed E-state index contributed by atoms with van der Waals surface area (Å²) < 4.78 is 19.0. The number of carbonyl (C=O) groups excluding carboxylic acids is 1. The number of imidazole rings is 1. The third-order valence-electron chi connectivity index (χ3n) is 4.81. The van der Waals surface area contributed by atoms with Crippen LogP contribution in [0.15, 0.2) is 28.7 Å². The number of aromatic nitrogens is 2. The zero-order valence-electron chi connectivity index (χ0n) is 14.3. The van der Waals surface area contributed by atoms with Gasteiger partial charge < -0.3 is 14.3 Å². The molecule has 1 fully saturated rings. The fourth-order valence-electron chi connectivity index (χ4n) is 3.62. The Kier molecular flexibility index (Phi) is 3.82. The number of furan rings is 1. The molecule has 5 nitrogen and oxygen atoms in total. The minimum atomic E-state index is -0.302. The van der Waals surface area contributed by atoms with Crippen molar-refractivity contribution in [1.29, 1.82) is 0 Å². The summed E-state index contributed by atoms with van der Waals surface area (Å²) in [6.07, 6.45) is 2.83. The molecule has 1 aliphatic rings. The molecular formula is C19H20FN3O2. The van der Waals surface area contributed by atoms with Crippen molar-refractivity contribution in [2.24, 2.45) is 0 Å². The molecular weight excluding hydrogens is 321 g/mol. The number of nitrogens with zero attached hydrogens (tertiary/aromatic N) is 2. The number of aromatic amines is 1. The summed E-state index contributed by atoms with van der Waals surface area (Å²) in [5.74, 6) is 1.74. The molecule has 25 heavy (non-hydrogen) atoms. The lowest BCUT2D eigenvalue weighted by atomic mass is 10.00. The Hall–Kier alpha value is -2.63. The Bertz CT molecular complexity index is 943. The monoisotopic (exact) mass is 341 g/mol. The number of carbonyl (C=O) groups is 1. The van der Waals surface area contributed by atoms with Crippen molar-refractivity contribution in [3.63, 3.8) is 0 Å². The Morgan fingerprint density at radius 2 is 2.16 bits per heavy atom. The van der Waals surface area contributed by atoms with E-state index < -0.39 is 0 Å². The standard InChI is InChI=1S/C19H20FN3O2/c1-11-9-14(12(2)25-11)19(24)23-8-4-3-5-17(23)18-21-15-7-6-13(20)10-16(15)22-18/h6-7,9-10,17H,3-5,8H2,1-2H3,(H,21,22)/t17-/m0/s1. The average Bonchev–Trinajstić information content (AvgIpc) is 3.16. The molecule has 1 aromatic carbocycles. The van der Waals surface area contributed by atoms with E-state index in [4.69, 9.17) is 4.42 Å². The van der Waals surface area contributed by atoms with Crippen molar-refractivity contribution in [3.8, 4) is 0 Å². The van der Waals surface area contributed by atoms with E-state index in [0.717, 1.165) is 25.0 Å². The average molecular weight is 341 g/mol. The van der Waals surface area contributed by atoms with Crippen LogP contribution in [0.4, 0.5) is 4.39 Å². The molecule has 0 unspecified atom stereocenters. The molecule has 1 aliphatic heterocycles. The number of amides is 1. The largest absolute Gasteiger partial charge is 0.466 e. The number of H-pyrrole nitrogens is 1. The van der Waals surface area contributed by atoms with Crippen LogP contribution < -0.4 is 0 Å².